The molecule has 1 aliphatic carbocycles. The Morgan fingerprint density at radius 3 is 1.41 bits per heavy atom. The summed E-state index contributed by atoms with van der Waals surface area (Å²) in [5.74, 6) is 1.75. The van der Waals surface area contributed by atoms with Gasteiger partial charge in [0.05, 0.1) is 11.0 Å². The van der Waals surface area contributed by atoms with Crippen molar-refractivity contribution in [3.63, 3.8) is 0 Å². The average Bonchev–Trinajstić information content (AvgIpc) is 1.52. The fourth-order valence-electron chi connectivity index (χ4n) is 17.4. The van der Waals surface area contributed by atoms with Crippen LogP contribution in [-0.4, -0.2) is 19.5 Å². The molecule has 18 aromatic carbocycles. The maximum atomic E-state index is 5.60. The van der Waals surface area contributed by atoms with E-state index in [0.29, 0.717) is 17.6 Å². The second-order valence-corrected chi connectivity index (χ2v) is 29.0. The van der Waals surface area contributed by atoms with Crippen molar-refractivity contribution in [2.75, 3.05) is 0 Å². The Morgan fingerprint density at radius 1 is 0.217 bits per heavy atom. The molecule has 0 spiro atoms. The zero-order valence-electron chi connectivity index (χ0n) is 58.4. The summed E-state index contributed by atoms with van der Waals surface area (Å²) in [6.07, 6.45) is 0. The van der Waals surface area contributed by atoms with E-state index < -0.39 is 0 Å². The Kier molecular flexibility index (Phi) is 14.0. The van der Waals surface area contributed by atoms with Gasteiger partial charge in [0.25, 0.3) is 0 Å². The molecule has 0 aliphatic heterocycles. The van der Waals surface area contributed by atoms with Gasteiger partial charge in [-0.3, -0.25) is 4.57 Å². The quantitative estimate of drug-likeness (QED) is 0.137. The minimum absolute atomic E-state index is 0.376. The van der Waals surface area contributed by atoms with Gasteiger partial charge < -0.3 is 0 Å². The van der Waals surface area contributed by atoms with Crippen LogP contribution >= 0.6 is 0 Å². The average molecular weight is 1350 g/mol. The molecule has 0 saturated heterocycles. The monoisotopic (exact) mass is 1350 g/mol. The summed E-state index contributed by atoms with van der Waals surface area (Å²) in [6.45, 7) is 4.78. The first-order valence-corrected chi connectivity index (χ1v) is 36.6. The van der Waals surface area contributed by atoms with E-state index in [1.54, 1.807) is 0 Å². The molecule has 0 bridgehead atoms. The Morgan fingerprint density at radius 2 is 0.660 bits per heavy atom. The molecule has 4 heteroatoms. The molecular formula is C102H66N4. The van der Waals surface area contributed by atoms with Gasteiger partial charge in [-0.2, -0.15) is 9.97 Å². The summed E-state index contributed by atoms with van der Waals surface area (Å²) in [5, 5.41) is 16.9. The molecule has 4 nitrogen and oxygen atoms in total. The smallest absolute Gasteiger partial charge is 0.238 e. The van der Waals surface area contributed by atoms with Gasteiger partial charge in [-0.25, -0.2) is 4.98 Å². The number of benzene rings is 18. The molecule has 20 aromatic rings. The van der Waals surface area contributed by atoms with Crippen LogP contribution in [0.4, 0.5) is 0 Å². The van der Waals surface area contributed by atoms with Crippen LogP contribution in [0.25, 0.3) is 204 Å². The highest BCUT2D eigenvalue weighted by atomic mass is 15.2. The van der Waals surface area contributed by atoms with E-state index in [-0.39, 0.29) is 5.41 Å². The standard InChI is InChI=1S/C102H66N4/c1-102(2)93-60-74(71-31-16-33-77(57-71)97-82(76-48-44-64-22-7-9-28-70(64)56-76)51-49-67-45-47-73(59-90(67)97)72-46-43-63-21-6-8-27-69(63)55-72)50-52-85(93)91-61-92-86-37-14-15-42-95(86)106(96(92)62-94(91)102)101-104-99(68-25-4-3-5-26-68)103-100(105-101)78-34-17-32-75(58-78)81-53-54-89(84-39-19-30-66-24-11-13-36-80(66)84)98-87(81)40-20-41-88(98)83-38-18-29-65-23-10-12-35-79(65)83/h3-62H,1-2H3. The number of hydrogen-bond donors (Lipinski definition) is 0. The van der Waals surface area contributed by atoms with Crippen molar-refractivity contribution >= 4 is 86.4 Å². The van der Waals surface area contributed by atoms with Crippen molar-refractivity contribution in [2.45, 2.75) is 19.3 Å². The van der Waals surface area contributed by atoms with Crippen molar-refractivity contribution in [3.8, 4) is 118 Å². The molecule has 0 unspecified atom stereocenters. The van der Waals surface area contributed by atoms with E-state index in [4.69, 9.17) is 15.0 Å². The zero-order valence-corrected chi connectivity index (χ0v) is 58.4. The summed E-state index contributed by atoms with van der Waals surface area (Å²) >= 11 is 0. The largest absolute Gasteiger partial charge is 0.278 e. The fourth-order valence-corrected chi connectivity index (χ4v) is 17.4. The summed E-state index contributed by atoms with van der Waals surface area (Å²) in [6, 6.07) is 134. The lowest BCUT2D eigenvalue weighted by atomic mass is 9.81. The summed E-state index contributed by atoms with van der Waals surface area (Å²) in [5.41, 5.74) is 25.1. The summed E-state index contributed by atoms with van der Waals surface area (Å²) in [4.78, 5) is 16.5. The van der Waals surface area contributed by atoms with Gasteiger partial charge in [-0.05, 0) is 219 Å². The number of fused-ring (bicyclic) bond motifs is 12. The molecule has 0 amide bonds. The fraction of sp³-hybridized carbons (Fsp3) is 0.0294. The first kappa shape index (κ1) is 61.0. The topological polar surface area (TPSA) is 43.6 Å². The zero-order chi connectivity index (χ0) is 70.1. The van der Waals surface area contributed by atoms with Crippen LogP contribution < -0.4 is 0 Å². The molecule has 0 radical (unpaired) electrons. The maximum absolute atomic E-state index is 5.60. The van der Waals surface area contributed by atoms with Crippen molar-refractivity contribution in [1.29, 1.82) is 0 Å². The van der Waals surface area contributed by atoms with Gasteiger partial charge in [0.2, 0.25) is 5.95 Å². The lowest BCUT2D eigenvalue weighted by molar-refractivity contribution is 0.661. The number of hydrogen-bond acceptors (Lipinski definition) is 3. The van der Waals surface area contributed by atoms with Gasteiger partial charge in [0, 0.05) is 27.3 Å². The SMILES string of the molecule is CC1(C)c2cc(-c3cccc(-c4c(-c5ccc6ccccc6c5)ccc5ccc(-c6ccc7ccccc7c6)cc45)c3)ccc2-c2cc3c4ccccc4n(-c4nc(-c5ccccc5)nc(-c5cccc(-c6ccc(-c7cccc8ccccc78)c7c(-c8cccc9ccccc89)cccc67)c5)n4)c3cc21. The Balaban J connectivity index is 0.686. The Bertz CT molecular complexity index is 6960. The highest BCUT2D eigenvalue weighted by Crippen LogP contribution is 2.53. The van der Waals surface area contributed by atoms with E-state index in [2.05, 4.69) is 376 Å². The Hall–Kier alpha value is -13.7. The lowest BCUT2D eigenvalue weighted by Gasteiger charge is -2.22. The first-order chi connectivity index (χ1) is 52.3. The first-order valence-electron chi connectivity index (χ1n) is 36.6. The van der Waals surface area contributed by atoms with Gasteiger partial charge in [-0.15, -0.1) is 0 Å². The number of aromatic nitrogens is 4. The second-order valence-electron chi connectivity index (χ2n) is 29.0. The molecule has 0 fully saturated rings. The third-order valence-corrected chi connectivity index (χ3v) is 22.6. The van der Waals surface area contributed by atoms with Crippen LogP contribution in [0.1, 0.15) is 25.0 Å². The number of rotatable bonds is 10. The van der Waals surface area contributed by atoms with Gasteiger partial charge in [0.15, 0.2) is 11.6 Å². The molecule has 0 saturated carbocycles. The van der Waals surface area contributed by atoms with E-state index in [9.17, 15) is 0 Å². The predicted octanol–water partition coefficient (Wildman–Crippen LogP) is 27.2. The summed E-state index contributed by atoms with van der Waals surface area (Å²) < 4.78 is 2.28. The van der Waals surface area contributed by atoms with E-state index in [0.717, 1.165) is 44.1 Å². The van der Waals surface area contributed by atoms with Gasteiger partial charge >= 0.3 is 0 Å². The minimum atomic E-state index is -0.376. The summed E-state index contributed by atoms with van der Waals surface area (Å²) in [7, 11) is 0. The highest BCUT2D eigenvalue weighted by Gasteiger charge is 2.37. The van der Waals surface area contributed by atoms with Crippen LogP contribution in [0.5, 0.6) is 0 Å². The van der Waals surface area contributed by atoms with Crippen molar-refractivity contribution in [2.24, 2.45) is 0 Å². The molecule has 494 valence electrons. The van der Waals surface area contributed by atoms with Crippen LogP contribution in [-0.2, 0) is 5.41 Å². The molecular weight excluding hydrogens is 1280 g/mol. The molecule has 21 rings (SSSR count). The second kappa shape index (κ2) is 24.2. The van der Waals surface area contributed by atoms with Crippen LogP contribution in [0.15, 0.2) is 364 Å². The van der Waals surface area contributed by atoms with Crippen LogP contribution in [0.2, 0.25) is 0 Å². The van der Waals surface area contributed by atoms with Gasteiger partial charge in [-0.1, -0.05) is 323 Å². The third kappa shape index (κ3) is 9.94. The van der Waals surface area contributed by atoms with Crippen molar-refractivity contribution < 1.29 is 0 Å². The van der Waals surface area contributed by atoms with Crippen LogP contribution in [0.3, 0.4) is 0 Å². The van der Waals surface area contributed by atoms with Crippen molar-refractivity contribution in [3.05, 3.63) is 375 Å². The van der Waals surface area contributed by atoms with E-state index in [1.165, 1.54) is 154 Å². The molecule has 0 N–H and O–H groups in total. The minimum Gasteiger partial charge on any atom is -0.278 e. The molecule has 1 aliphatic rings. The van der Waals surface area contributed by atoms with E-state index in [1.807, 2.05) is 6.07 Å². The third-order valence-electron chi connectivity index (χ3n) is 22.6. The maximum Gasteiger partial charge on any atom is 0.238 e. The number of nitrogens with zero attached hydrogens (tertiary/aromatic N) is 4. The molecule has 2 heterocycles. The van der Waals surface area contributed by atoms with Gasteiger partial charge in [0.1, 0.15) is 0 Å². The van der Waals surface area contributed by atoms with Crippen LogP contribution in [0, 0.1) is 0 Å². The molecule has 106 heavy (non-hydrogen) atoms. The lowest BCUT2D eigenvalue weighted by Crippen LogP contribution is -2.15. The Labute approximate surface area is 614 Å². The normalized spacial score (nSPS) is 12.5. The number of para-hydroxylation sites is 1. The van der Waals surface area contributed by atoms with Crippen molar-refractivity contribution in [1.82, 2.24) is 19.5 Å². The highest BCUT2D eigenvalue weighted by molar-refractivity contribution is 6.18. The molecule has 0 atom stereocenters. The molecule has 2 aromatic heterocycles. The van der Waals surface area contributed by atoms with E-state index >= 15 is 0 Å². The predicted molar refractivity (Wildman–Crippen MR) is 446 cm³/mol.